The highest BCUT2D eigenvalue weighted by Gasteiger charge is 2.16. The lowest BCUT2D eigenvalue weighted by Gasteiger charge is -2.21. The van der Waals surface area contributed by atoms with E-state index in [1.807, 2.05) is 25.1 Å². The van der Waals surface area contributed by atoms with Crippen LogP contribution in [0.15, 0.2) is 41.3 Å². The molecule has 1 N–H and O–H groups in total. The first-order chi connectivity index (χ1) is 12.0. The predicted molar refractivity (Wildman–Crippen MR) is 101 cm³/mol. The normalized spacial score (nSPS) is 14.0. The average molecular weight is 357 g/mol. The number of carbonyl (C=O) groups excluding carboxylic acids is 1. The summed E-state index contributed by atoms with van der Waals surface area (Å²) in [5.41, 5.74) is 3.52. The Bertz CT molecular complexity index is 776. The molecule has 25 heavy (non-hydrogen) atoms. The van der Waals surface area contributed by atoms with Crippen molar-refractivity contribution in [2.75, 3.05) is 19.0 Å². The molecule has 4 nitrogen and oxygen atoms in total. The van der Waals surface area contributed by atoms with Crippen LogP contribution in [0.1, 0.15) is 29.7 Å². The van der Waals surface area contributed by atoms with Gasteiger partial charge in [0.2, 0.25) is 5.91 Å². The van der Waals surface area contributed by atoms with Gasteiger partial charge in [0.15, 0.2) is 11.5 Å². The van der Waals surface area contributed by atoms with Gasteiger partial charge in [-0.05, 0) is 61.7 Å². The second-order valence-electron chi connectivity index (χ2n) is 6.23. The van der Waals surface area contributed by atoms with Crippen LogP contribution in [0.25, 0.3) is 0 Å². The van der Waals surface area contributed by atoms with Gasteiger partial charge in [-0.1, -0.05) is 12.1 Å². The number of fused-ring (bicyclic) bond motifs is 1. The van der Waals surface area contributed by atoms with E-state index in [-0.39, 0.29) is 11.9 Å². The third kappa shape index (κ3) is 4.48. The van der Waals surface area contributed by atoms with Crippen molar-refractivity contribution in [3.05, 3.63) is 53.1 Å². The van der Waals surface area contributed by atoms with Crippen LogP contribution >= 0.6 is 11.8 Å². The van der Waals surface area contributed by atoms with Crippen LogP contribution in [-0.4, -0.2) is 24.9 Å². The zero-order valence-corrected chi connectivity index (χ0v) is 15.6. The number of hydrogen-bond acceptors (Lipinski definition) is 4. The Morgan fingerprint density at radius 1 is 1.08 bits per heavy atom. The maximum absolute atomic E-state index is 12.3. The molecule has 5 heteroatoms. The van der Waals surface area contributed by atoms with Gasteiger partial charge in [0.1, 0.15) is 13.2 Å². The smallest absolute Gasteiger partial charge is 0.230 e. The summed E-state index contributed by atoms with van der Waals surface area (Å²) in [4.78, 5) is 13.4. The van der Waals surface area contributed by atoms with Gasteiger partial charge >= 0.3 is 0 Å². The molecule has 0 aliphatic carbocycles. The summed E-state index contributed by atoms with van der Waals surface area (Å²) in [6.07, 6.45) is 0. The molecule has 1 aliphatic heterocycles. The number of nitrogens with one attached hydrogen (secondary N) is 1. The summed E-state index contributed by atoms with van der Waals surface area (Å²) in [5, 5.41) is 3.04. The standard InChI is InChI=1S/C20H23NO3S/c1-13-4-6-17(10-14(13)2)25-12-20(22)21-15(3)16-5-7-18-19(11-16)24-9-8-23-18/h4-7,10-11,15H,8-9,12H2,1-3H3,(H,21,22). The van der Waals surface area contributed by atoms with Gasteiger partial charge in [-0.25, -0.2) is 0 Å². The topological polar surface area (TPSA) is 47.6 Å². The van der Waals surface area contributed by atoms with Crippen molar-refractivity contribution in [1.82, 2.24) is 5.32 Å². The fraction of sp³-hybridized carbons (Fsp3) is 0.350. The molecule has 0 spiro atoms. The Morgan fingerprint density at radius 2 is 1.84 bits per heavy atom. The van der Waals surface area contributed by atoms with E-state index in [4.69, 9.17) is 9.47 Å². The Kier molecular flexibility index (Phi) is 5.53. The van der Waals surface area contributed by atoms with Gasteiger partial charge in [0.05, 0.1) is 11.8 Å². The van der Waals surface area contributed by atoms with Crippen LogP contribution in [0.4, 0.5) is 0 Å². The molecule has 1 heterocycles. The van der Waals surface area contributed by atoms with E-state index in [1.165, 1.54) is 11.1 Å². The first-order valence-corrected chi connectivity index (χ1v) is 9.40. The van der Waals surface area contributed by atoms with E-state index >= 15 is 0 Å². The molecule has 0 saturated heterocycles. The van der Waals surface area contributed by atoms with E-state index in [1.54, 1.807) is 11.8 Å². The minimum Gasteiger partial charge on any atom is -0.486 e. The van der Waals surface area contributed by atoms with Gasteiger partial charge in [-0.2, -0.15) is 0 Å². The zero-order chi connectivity index (χ0) is 17.8. The molecular formula is C20H23NO3S. The summed E-state index contributed by atoms with van der Waals surface area (Å²) in [5.74, 6) is 1.93. The summed E-state index contributed by atoms with van der Waals surface area (Å²) in [7, 11) is 0. The molecule has 1 unspecified atom stereocenters. The molecule has 0 radical (unpaired) electrons. The van der Waals surface area contributed by atoms with Crippen molar-refractivity contribution in [1.29, 1.82) is 0 Å². The SMILES string of the molecule is Cc1ccc(SCC(=O)NC(C)c2ccc3c(c2)OCCO3)cc1C. The minimum absolute atomic E-state index is 0.0191. The summed E-state index contributed by atoms with van der Waals surface area (Å²) in [6, 6.07) is 12.0. The maximum atomic E-state index is 12.3. The monoisotopic (exact) mass is 357 g/mol. The van der Waals surface area contributed by atoms with Gasteiger partial charge in [-0.3, -0.25) is 4.79 Å². The third-order valence-corrected chi connectivity index (χ3v) is 5.29. The van der Waals surface area contributed by atoms with Crippen molar-refractivity contribution in [2.24, 2.45) is 0 Å². The number of aryl methyl sites for hydroxylation is 2. The lowest BCUT2D eigenvalue weighted by Crippen LogP contribution is -2.28. The molecule has 132 valence electrons. The van der Waals surface area contributed by atoms with Gasteiger partial charge in [-0.15, -0.1) is 11.8 Å². The highest BCUT2D eigenvalue weighted by atomic mass is 32.2. The highest BCUT2D eigenvalue weighted by molar-refractivity contribution is 8.00. The quantitative estimate of drug-likeness (QED) is 0.821. The van der Waals surface area contributed by atoms with Gasteiger partial charge in [0.25, 0.3) is 0 Å². The number of rotatable bonds is 5. The number of ether oxygens (including phenoxy) is 2. The zero-order valence-electron chi connectivity index (χ0n) is 14.8. The van der Waals surface area contributed by atoms with Crippen LogP contribution in [-0.2, 0) is 4.79 Å². The Labute approximate surface area is 152 Å². The molecule has 0 bridgehead atoms. The van der Waals surface area contributed by atoms with E-state index in [2.05, 4.69) is 37.4 Å². The van der Waals surface area contributed by atoms with Gasteiger partial charge in [0, 0.05) is 4.90 Å². The number of amides is 1. The van der Waals surface area contributed by atoms with Crippen LogP contribution in [0.2, 0.25) is 0 Å². The number of thioether (sulfide) groups is 1. The molecule has 2 aromatic carbocycles. The van der Waals surface area contributed by atoms with E-state index in [9.17, 15) is 4.79 Å². The fourth-order valence-corrected chi connectivity index (χ4v) is 3.45. The second kappa shape index (κ2) is 7.83. The lowest BCUT2D eigenvalue weighted by molar-refractivity contribution is -0.119. The van der Waals surface area contributed by atoms with Crippen molar-refractivity contribution in [3.63, 3.8) is 0 Å². The van der Waals surface area contributed by atoms with Gasteiger partial charge < -0.3 is 14.8 Å². The molecule has 1 atom stereocenters. The molecule has 2 aromatic rings. The molecule has 0 saturated carbocycles. The largest absolute Gasteiger partial charge is 0.486 e. The summed E-state index contributed by atoms with van der Waals surface area (Å²) < 4.78 is 11.1. The Hall–Kier alpha value is -2.14. The van der Waals surface area contributed by atoms with E-state index in [0.29, 0.717) is 19.0 Å². The fourth-order valence-electron chi connectivity index (χ4n) is 2.65. The lowest BCUT2D eigenvalue weighted by atomic mass is 10.1. The first-order valence-electron chi connectivity index (χ1n) is 8.42. The number of carbonyl (C=O) groups is 1. The maximum Gasteiger partial charge on any atom is 0.230 e. The average Bonchev–Trinajstić information content (AvgIpc) is 2.62. The first kappa shape index (κ1) is 17.7. The third-order valence-electron chi connectivity index (χ3n) is 4.29. The highest BCUT2D eigenvalue weighted by Crippen LogP contribution is 2.32. The number of benzene rings is 2. The molecule has 1 aliphatic rings. The van der Waals surface area contributed by atoms with Crippen molar-refractivity contribution in [3.8, 4) is 11.5 Å². The molecule has 3 rings (SSSR count). The Morgan fingerprint density at radius 3 is 2.60 bits per heavy atom. The van der Waals surface area contributed by atoms with Crippen LogP contribution < -0.4 is 14.8 Å². The molecule has 0 fully saturated rings. The minimum atomic E-state index is -0.0799. The van der Waals surface area contributed by atoms with Crippen molar-refractivity contribution >= 4 is 17.7 Å². The summed E-state index contributed by atoms with van der Waals surface area (Å²) in [6.45, 7) is 7.29. The molecular weight excluding hydrogens is 334 g/mol. The molecule has 0 aromatic heterocycles. The van der Waals surface area contributed by atoms with Crippen molar-refractivity contribution < 1.29 is 14.3 Å². The second-order valence-corrected chi connectivity index (χ2v) is 7.28. The summed E-state index contributed by atoms with van der Waals surface area (Å²) >= 11 is 1.55. The van der Waals surface area contributed by atoms with Crippen LogP contribution in [0.5, 0.6) is 11.5 Å². The predicted octanol–water partition coefficient (Wildman–Crippen LogP) is 4.04. The molecule has 1 amide bonds. The van der Waals surface area contributed by atoms with Crippen molar-refractivity contribution in [2.45, 2.75) is 31.7 Å². The van der Waals surface area contributed by atoms with Crippen LogP contribution in [0.3, 0.4) is 0 Å². The van der Waals surface area contributed by atoms with E-state index in [0.717, 1.165) is 22.0 Å². The van der Waals surface area contributed by atoms with Crippen LogP contribution in [0, 0.1) is 13.8 Å². The Balaban J connectivity index is 1.56. The number of hydrogen-bond donors (Lipinski definition) is 1. The van der Waals surface area contributed by atoms with E-state index < -0.39 is 0 Å².